The Hall–Kier alpha value is -0.540. The summed E-state index contributed by atoms with van der Waals surface area (Å²) in [6, 6.07) is 0.470. The molecule has 0 bridgehead atoms. The summed E-state index contributed by atoms with van der Waals surface area (Å²) in [5.74, 6) is 0.637. The Bertz CT molecular complexity index is 222. The highest BCUT2D eigenvalue weighted by molar-refractivity contribution is 5.12. The Balaban J connectivity index is 2.00. The maximum Gasteiger partial charge on any atom is 0.0876 e. The minimum absolute atomic E-state index is 0.470. The fourth-order valence-corrected chi connectivity index (χ4v) is 2.45. The van der Waals surface area contributed by atoms with Crippen molar-refractivity contribution in [2.45, 2.75) is 32.2 Å². The lowest BCUT2D eigenvalue weighted by Gasteiger charge is -2.28. The van der Waals surface area contributed by atoms with Crippen LogP contribution in [0.5, 0.6) is 0 Å². The first-order valence-corrected chi connectivity index (χ1v) is 6.03. The van der Waals surface area contributed by atoms with E-state index in [1.54, 1.807) is 0 Å². The molecular weight excluding hydrogens is 190 g/mol. The zero-order chi connectivity index (χ0) is 10.5. The van der Waals surface area contributed by atoms with E-state index in [1.165, 1.54) is 18.4 Å². The number of hydrogen-bond donors (Lipinski definition) is 1. The minimum atomic E-state index is 0.470. The Morgan fingerprint density at radius 1 is 1.53 bits per heavy atom. The monoisotopic (exact) mass is 211 g/mol. The van der Waals surface area contributed by atoms with Crippen LogP contribution in [0.15, 0.2) is 11.8 Å². The Morgan fingerprint density at radius 2 is 2.47 bits per heavy atom. The predicted molar refractivity (Wildman–Crippen MR) is 59.7 cm³/mol. The van der Waals surface area contributed by atoms with E-state index in [9.17, 15) is 0 Å². The maximum atomic E-state index is 5.47. The zero-order valence-electron chi connectivity index (χ0n) is 9.50. The van der Waals surface area contributed by atoms with Gasteiger partial charge in [0.05, 0.1) is 19.5 Å². The zero-order valence-corrected chi connectivity index (χ0v) is 9.50. The quantitative estimate of drug-likeness (QED) is 0.767. The number of likely N-dealkylation sites (N-methyl/N-ethyl adjacent to an activating group) is 1. The molecule has 2 aliphatic rings. The third-order valence-electron chi connectivity index (χ3n) is 3.22. The Kier molecular flexibility index (Phi) is 4.03. The lowest BCUT2D eigenvalue weighted by Crippen LogP contribution is -2.39. The molecule has 3 nitrogen and oxygen atoms in total. The molecule has 1 saturated heterocycles. The van der Waals surface area contributed by atoms with Gasteiger partial charge in [0.15, 0.2) is 0 Å². The first kappa shape index (κ1) is 11.0. The van der Waals surface area contributed by atoms with E-state index < -0.39 is 0 Å². The van der Waals surface area contributed by atoms with Crippen LogP contribution in [0.3, 0.4) is 0 Å². The molecule has 2 atom stereocenters. The van der Waals surface area contributed by atoms with Crippen LogP contribution in [-0.4, -0.2) is 32.4 Å². The van der Waals surface area contributed by atoms with Gasteiger partial charge in [0.1, 0.15) is 0 Å². The lowest BCUT2D eigenvalue weighted by molar-refractivity contribution is 0.175. The van der Waals surface area contributed by atoms with Crippen LogP contribution in [0.25, 0.3) is 0 Å². The highest BCUT2D eigenvalue weighted by Gasteiger charge is 2.28. The van der Waals surface area contributed by atoms with E-state index in [-0.39, 0.29) is 0 Å². The molecule has 0 aromatic carbocycles. The van der Waals surface area contributed by atoms with Gasteiger partial charge in [-0.25, -0.2) is 0 Å². The highest BCUT2D eigenvalue weighted by atomic mass is 16.5. The van der Waals surface area contributed by atoms with Gasteiger partial charge in [0.2, 0.25) is 0 Å². The largest absolute Gasteiger partial charge is 0.501 e. The van der Waals surface area contributed by atoms with E-state index in [2.05, 4.69) is 12.2 Å². The molecular formula is C12H21NO2. The van der Waals surface area contributed by atoms with Gasteiger partial charge in [-0.05, 0) is 31.4 Å². The van der Waals surface area contributed by atoms with Gasteiger partial charge in [-0.1, -0.05) is 6.92 Å². The summed E-state index contributed by atoms with van der Waals surface area (Å²) in [5, 5.41) is 3.57. The molecule has 3 heteroatoms. The third-order valence-corrected chi connectivity index (χ3v) is 3.22. The number of nitrogens with one attached hydrogen (secondary N) is 1. The van der Waals surface area contributed by atoms with Crippen LogP contribution in [0.1, 0.15) is 26.2 Å². The molecule has 0 aromatic rings. The molecule has 0 aliphatic carbocycles. The predicted octanol–water partition coefficient (Wildman–Crippen LogP) is 1.70. The van der Waals surface area contributed by atoms with Crippen molar-refractivity contribution in [3.8, 4) is 0 Å². The molecule has 2 aliphatic heterocycles. The van der Waals surface area contributed by atoms with Crippen LogP contribution < -0.4 is 5.32 Å². The average Bonchev–Trinajstić information content (AvgIpc) is 2.80. The summed E-state index contributed by atoms with van der Waals surface area (Å²) in [7, 11) is 0. The summed E-state index contributed by atoms with van der Waals surface area (Å²) in [5.41, 5.74) is 1.43. The molecule has 0 radical (unpaired) electrons. The highest BCUT2D eigenvalue weighted by Crippen LogP contribution is 2.26. The number of rotatable bonds is 4. The van der Waals surface area contributed by atoms with Gasteiger partial charge in [-0.15, -0.1) is 0 Å². The van der Waals surface area contributed by atoms with Crippen molar-refractivity contribution in [3.63, 3.8) is 0 Å². The normalized spacial score (nSPS) is 28.3. The van der Waals surface area contributed by atoms with Crippen molar-refractivity contribution in [3.05, 3.63) is 11.8 Å². The topological polar surface area (TPSA) is 30.5 Å². The van der Waals surface area contributed by atoms with Gasteiger partial charge in [0.25, 0.3) is 0 Å². The van der Waals surface area contributed by atoms with Crippen LogP contribution in [0, 0.1) is 5.92 Å². The molecule has 15 heavy (non-hydrogen) atoms. The summed E-state index contributed by atoms with van der Waals surface area (Å²) in [6.45, 7) is 5.87. The van der Waals surface area contributed by atoms with Crippen molar-refractivity contribution in [2.75, 3.05) is 26.4 Å². The second-order valence-corrected chi connectivity index (χ2v) is 4.33. The molecule has 0 saturated carbocycles. The molecule has 0 amide bonds. The first-order chi connectivity index (χ1) is 7.42. The Morgan fingerprint density at radius 3 is 3.07 bits per heavy atom. The molecule has 2 heterocycles. The van der Waals surface area contributed by atoms with Crippen LogP contribution >= 0.6 is 0 Å². The van der Waals surface area contributed by atoms with E-state index in [1.807, 2.05) is 6.26 Å². The maximum absolute atomic E-state index is 5.47. The molecule has 2 rings (SSSR count). The lowest BCUT2D eigenvalue weighted by atomic mass is 9.90. The average molecular weight is 211 g/mol. The minimum Gasteiger partial charge on any atom is -0.501 e. The van der Waals surface area contributed by atoms with E-state index in [0.717, 1.165) is 32.8 Å². The summed E-state index contributed by atoms with van der Waals surface area (Å²) < 4.78 is 10.9. The fourth-order valence-electron chi connectivity index (χ4n) is 2.45. The van der Waals surface area contributed by atoms with Crippen molar-refractivity contribution in [1.82, 2.24) is 5.32 Å². The van der Waals surface area contributed by atoms with Gasteiger partial charge >= 0.3 is 0 Å². The standard InChI is InChI=1S/C12H21NO2/c1-2-13-12(11-5-7-15-9-11)10-4-3-6-14-8-10/h8,11-13H,2-7,9H2,1H3. The van der Waals surface area contributed by atoms with Crippen molar-refractivity contribution >= 4 is 0 Å². The van der Waals surface area contributed by atoms with E-state index in [4.69, 9.17) is 9.47 Å². The van der Waals surface area contributed by atoms with Crippen molar-refractivity contribution in [1.29, 1.82) is 0 Å². The molecule has 86 valence electrons. The molecule has 2 unspecified atom stereocenters. The van der Waals surface area contributed by atoms with Gasteiger partial charge in [-0.2, -0.15) is 0 Å². The summed E-state index contributed by atoms with van der Waals surface area (Å²) in [6.07, 6.45) is 5.47. The molecule has 1 N–H and O–H groups in total. The van der Waals surface area contributed by atoms with E-state index >= 15 is 0 Å². The fraction of sp³-hybridized carbons (Fsp3) is 0.833. The van der Waals surface area contributed by atoms with Crippen molar-refractivity contribution < 1.29 is 9.47 Å². The molecule has 0 spiro atoms. The van der Waals surface area contributed by atoms with Gasteiger partial charge in [-0.3, -0.25) is 0 Å². The smallest absolute Gasteiger partial charge is 0.0876 e. The van der Waals surface area contributed by atoms with Crippen LogP contribution in [0.4, 0.5) is 0 Å². The van der Waals surface area contributed by atoms with Crippen molar-refractivity contribution in [2.24, 2.45) is 5.92 Å². The second-order valence-electron chi connectivity index (χ2n) is 4.33. The van der Waals surface area contributed by atoms with Crippen LogP contribution in [-0.2, 0) is 9.47 Å². The van der Waals surface area contributed by atoms with Gasteiger partial charge < -0.3 is 14.8 Å². The second kappa shape index (κ2) is 5.52. The third kappa shape index (κ3) is 2.73. The van der Waals surface area contributed by atoms with E-state index in [0.29, 0.717) is 12.0 Å². The summed E-state index contributed by atoms with van der Waals surface area (Å²) in [4.78, 5) is 0. The van der Waals surface area contributed by atoms with Gasteiger partial charge in [0, 0.05) is 18.6 Å². The number of hydrogen-bond acceptors (Lipinski definition) is 3. The molecule has 0 aromatic heterocycles. The number of ether oxygens (including phenoxy) is 2. The summed E-state index contributed by atoms with van der Waals surface area (Å²) >= 11 is 0. The SMILES string of the molecule is CCNC(C1=COCCC1)C1CCOC1. The molecule has 1 fully saturated rings. The van der Waals surface area contributed by atoms with Crippen LogP contribution in [0.2, 0.25) is 0 Å². The first-order valence-electron chi connectivity index (χ1n) is 6.03. The Labute approximate surface area is 91.8 Å².